The van der Waals surface area contributed by atoms with Crippen LogP contribution in [-0.4, -0.2) is 0 Å². The molecular weight excluding hydrogens is 348 g/mol. The summed E-state index contributed by atoms with van der Waals surface area (Å²) < 4.78 is 0. The third-order valence-electron chi connectivity index (χ3n) is 10.3. The van der Waals surface area contributed by atoms with E-state index in [0.717, 1.165) is 29.6 Å². The van der Waals surface area contributed by atoms with E-state index in [1.165, 1.54) is 44.9 Å². The molecule has 0 spiro atoms. The lowest BCUT2D eigenvalue weighted by molar-refractivity contribution is 0.0539. The molecule has 0 aromatic heterocycles. The van der Waals surface area contributed by atoms with Crippen LogP contribution < -0.4 is 0 Å². The van der Waals surface area contributed by atoms with Crippen molar-refractivity contribution in [3.63, 3.8) is 0 Å². The fourth-order valence-corrected chi connectivity index (χ4v) is 7.80. The van der Waals surface area contributed by atoms with Gasteiger partial charge in [-0.1, -0.05) is 83.9 Å². The van der Waals surface area contributed by atoms with Crippen molar-refractivity contribution in [2.45, 2.75) is 93.4 Å². The number of hydrogen-bond donors (Lipinski definition) is 0. The molecule has 0 saturated heterocycles. The molecule has 29 heavy (non-hydrogen) atoms. The minimum Gasteiger partial charge on any atom is -0.0852 e. The van der Waals surface area contributed by atoms with Crippen LogP contribution in [0.2, 0.25) is 0 Å². The Morgan fingerprint density at radius 3 is 2.38 bits per heavy atom. The molecule has 0 aliphatic heterocycles. The second-order valence-corrected chi connectivity index (χ2v) is 12.3. The van der Waals surface area contributed by atoms with E-state index in [9.17, 15) is 0 Å². The summed E-state index contributed by atoms with van der Waals surface area (Å²) >= 11 is 0. The summed E-state index contributed by atoms with van der Waals surface area (Å²) in [6.07, 6.45) is 20.2. The van der Waals surface area contributed by atoms with E-state index >= 15 is 0 Å². The van der Waals surface area contributed by atoms with Crippen LogP contribution in [-0.2, 0) is 0 Å². The van der Waals surface area contributed by atoms with Crippen LogP contribution in [0.3, 0.4) is 0 Å². The Bertz CT molecular complexity index is 706. The summed E-state index contributed by atoms with van der Waals surface area (Å²) in [5, 5.41) is 0. The lowest BCUT2D eigenvalue weighted by atomic mass is 9.49. The van der Waals surface area contributed by atoms with Crippen molar-refractivity contribution >= 4 is 0 Å². The van der Waals surface area contributed by atoms with Crippen LogP contribution in [0.25, 0.3) is 0 Å². The highest BCUT2D eigenvalue weighted by atomic mass is 14.6. The van der Waals surface area contributed by atoms with Crippen molar-refractivity contribution in [1.29, 1.82) is 0 Å². The smallest absolute Gasteiger partial charge is 0.00474 e. The first-order valence-corrected chi connectivity index (χ1v) is 12.8. The van der Waals surface area contributed by atoms with E-state index in [0.29, 0.717) is 22.7 Å². The van der Waals surface area contributed by atoms with Gasteiger partial charge in [0, 0.05) is 0 Å². The molecular formula is C29H46. The maximum absolute atomic E-state index is 2.66. The Morgan fingerprint density at radius 2 is 1.66 bits per heavy atom. The van der Waals surface area contributed by atoms with Gasteiger partial charge >= 0.3 is 0 Å². The zero-order valence-electron chi connectivity index (χ0n) is 20.3. The Balaban J connectivity index is 1.57. The molecule has 0 heterocycles. The molecule has 4 rings (SSSR count). The van der Waals surface area contributed by atoms with Gasteiger partial charge in [0.2, 0.25) is 0 Å². The number of rotatable bonds is 4. The highest BCUT2D eigenvalue weighted by Gasteiger charge is 2.56. The molecule has 0 N–H and O–H groups in total. The zero-order chi connectivity index (χ0) is 21.0. The molecule has 3 fully saturated rings. The summed E-state index contributed by atoms with van der Waals surface area (Å²) in [6.45, 7) is 17.3. The van der Waals surface area contributed by atoms with Crippen molar-refractivity contribution in [3.8, 4) is 0 Å². The van der Waals surface area contributed by atoms with E-state index in [1.54, 1.807) is 5.57 Å². The summed E-state index contributed by atoms with van der Waals surface area (Å²) in [7, 11) is 0. The van der Waals surface area contributed by atoms with E-state index in [1.807, 2.05) is 5.57 Å². The van der Waals surface area contributed by atoms with E-state index in [-0.39, 0.29) is 0 Å². The van der Waals surface area contributed by atoms with E-state index in [4.69, 9.17) is 0 Å². The zero-order valence-corrected chi connectivity index (χ0v) is 20.3. The normalized spacial score (nSPS) is 44.0. The lowest BCUT2D eigenvalue weighted by Gasteiger charge is -2.55. The average molecular weight is 395 g/mol. The maximum atomic E-state index is 2.66. The van der Waals surface area contributed by atoms with Crippen molar-refractivity contribution in [3.05, 3.63) is 35.5 Å². The van der Waals surface area contributed by atoms with Crippen molar-refractivity contribution < 1.29 is 0 Å². The third-order valence-corrected chi connectivity index (χ3v) is 10.3. The monoisotopic (exact) mass is 394 g/mol. The minimum atomic E-state index is 0.466. The first-order valence-electron chi connectivity index (χ1n) is 12.8. The quantitative estimate of drug-likeness (QED) is 0.419. The van der Waals surface area contributed by atoms with Gasteiger partial charge in [0.05, 0.1) is 0 Å². The fourth-order valence-electron chi connectivity index (χ4n) is 7.80. The predicted molar refractivity (Wildman–Crippen MR) is 127 cm³/mol. The largest absolute Gasteiger partial charge is 0.0852 e. The number of fused-ring (bicyclic) bond motifs is 5. The molecule has 4 aliphatic carbocycles. The predicted octanol–water partition coefficient (Wildman–Crippen LogP) is 8.61. The van der Waals surface area contributed by atoms with Crippen LogP contribution in [0.4, 0.5) is 0 Å². The van der Waals surface area contributed by atoms with Crippen LogP contribution in [0.15, 0.2) is 35.5 Å². The standard InChI is InChI=1S/C29H46/c1-19(2)21(4)8-9-22(5)25-12-13-26-24-11-10-23-18-20(3)14-16-28(23,6)27(24)15-17-29(25,26)7/h8-11,19-22,25-27H,12-18H2,1-7H3/b9-8+/t20-,21?,22?,25?,26-,27-,28-,29+/m0/s1. The molecule has 8 atom stereocenters. The average Bonchev–Trinajstić information content (AvgIpc) is 3.03. The van der Waals surface area contributed by atoms with Gasteiger partial charge in [-0.05, 0) is 97.2 Å². The molecule has 162 valence electrons. The lowest BCUT2D eigenvalue weighted by Crippen LogP contribution is -2.45. The number of allylic oxidation sites excluding steroid dienone is 6. The van der Waals surface area contributed by atoms with Crippen LogP contribution in [0, 0.1) is 52.3 Å². The molecule has 0 aromatic carbocycles. The minimum absolute atomic E-state index is 0.466. The Labute approximate surface area is 181 Å². The summed E-state index contributed by atoms with van der Waals surface area (Å²) in [4.78, 5) is 0. The van der Waals surface area contributed by atoms with E-state index < -0.39 is 0 Å². The van der Waals surface area contributed by atoms with Gasteiger partial charge < -0.3 is 0 Å². The number of hydrogen-bond acceptors (Lipinski definition) is 0. The third kappa shape index (κ3) is 3.51. The molecule has 0 heteroatoms. The topological polar surface area (TPSA) is 0 Å². The Kier molecular flexibility index (Phi) is 5.71. The maximum Gasteiger partial charge on any atom is -0.00474 e. The molecule has 0 nitrogen and oxygen atoms in total. The second kappa shape index (κ2) is 7.72. The molecule has 0 aromatic rings. The fraction of sp³-hybridized carbons (Fsp3) is 0.793. The summed E-state index contributed by atoms with van der Waals surface area (Å²) in [5.41, 5.74) is 4.61. The van der Waals surface area contributed by atoms with Gasteiger partial charge in [0.1, 0.15) is 0 Å². The molecule has 0 amide bonds. The van der Waals surface area contributed by atoms with Crippen molar-refractivity contribution in [2.75, 3.05) is 0 Å². The summed E-state index contributed by atoms with van der Waals surface area (Å²) in [5.74, 6) is 5.55. The second-order valence-electron chi connectivity index (χ2n) is 12.3. The molecule has 4 aliphatic rings. The molecule has 0 radical (unpaired) electrons. The molecule has 0 bridgehead atoms. The van der Waals surface area contributed by atoms with Gasteiger partial charge in [-0.25, -0.2) is 0 Å². The Hall–Kier alpha value is -0.780. The van der Waals surface area contributed by atoms with Crippen LogP contribution >= 0.6 is 0 Å². The molecule has 3 saturated carbocycles. The van der Waals surface area contributed by atoms with Gasteiger partial charge in [-0.3, -0.25) is 0 Å². The molecule has 3 unspecified atom stereocenters. The first kappa shape index (κ1) is 21.5. The van der Waals surface area contributed by atoms with Gasteiger partial charge in [0.15, 0.2) is 0 Å². The van der Waals surface area contributed by atoms with Crippen LogP contribution in [0.1, 0.15) is 93.4 Å². The van der Waals surface area contributed by atoms with Crippen molar-refractivity contribution in [2.24, 2.45) is 52.3 Å². The highest BCUT2D eigenvalue weighted by molar-refractivity contribution is 5.38. The van der Waals surface area contributed by atoms with E-state index in [2.05, 4.69) is 72.8 Å². The SMILES string of the molecule is CC(C)C(C)/C=C/C(C)C1CC[C@H]2C3=CC=C4C[C@@H](C)CC[C@]4(C)[C@H]3CC[C@]12C. The highest BCUT2D eigenvalue weighted by Crippen LogP contribution is 2.66. The first-order chi connectivity index (χ1) is 13.7. The van der Waals surface area contributed by atoms with Gasteiger partial charge in [-0.2, -0.15) is 0 Å². The van der Waals surface area contributed by atoms with Crippen LogP contribution in [0.5, 0.6) is 0 Å². The summed E-state index contributed by atoms with van der Waals surface area (Å²) in [6, 6.07) is 0. The van der Waals surface area contributed by atoms with Crippen molar-refractivity contribution in [1.82, 2.24) is 0 Å². The Morgan fingerprint density at radius 1 is 0.897 bits per heavy atom. The van der Waals surface area contributed by atoms with Gasteiger partial charge in [0.25, 0.3) is 0 Å². The van der Waals surface area contributed by atoms with Gasteiger partial charge in [-0.15, -0.1) is 0 Å².